The van der Waals surface area contributed by atoms with Gasteiger partial charge in [0.15, 0.2) is 0 Å². The van der Waals surface area contributed by atoms with E-state index in [1.165, 1.54) is 0 Å². The van der Waals surface area contributed by atoms with Crippen LogP contribution in [-0.4, -0.2) is 19.9 Å². The van der Waals surface area contributed by atoms with Crippen LogP contribution in [0.1, 0.15) is 19.2 Å². The SMILES string of the molecule is CCCn1ncnc1CNc1cccc(-c2ccon2)c1. The Bertz CT molecular complexity index is 690. The number of hydrogen-bond acceptors (Lipinski definition) is 5. The van der Waals surface area contributed by atoms with Crippen molar-refractivity contribution in [2.24, 2.45) is 0 Å². The average molecular weight is 283 g/mol. The topological polar surface area (TPSA) is 68.8 Å². The molecule has 6 heteroatoms. The molecule has 2 aromatic heterocycles. The van der Waals surface area contributed by atoms with Gasteiger partial charge in [0, 0.05) is 23.9 Å². The third-order valence-corrected chi connectivity index (χ3v) is 3.18. The Morgan fingerprint density at radius 1 is 1.29 bits per heavy atom. The van der Waals surface area contributed by atoms with Gasteiger partial charge in [-0.1, -0.05) is 24.2 Å². The van der Waals surface area contributed by atoms with Crippen LogP contribution < -0.4 is 5.32 Å². The maximum Gasteiger partial charge on any atom is 0.146 e. The molecule has 21 heavy (non-hydrogen) atoms. The third kappa shape index (κ3) is 3.10. The monoisotopic (exact) mass is 283 g/mol. The summed E-state index contributed by atoms with van der Waals surface area (Å²) < 4.78 is 6.80. The summed E-state index contributed by atoms with van der Waals surface area (Å²) in [5.41, 5.74) is 2.86. The number of benzene rings is 1. The second-order valence-electron chi connectivity index (χ2n) is 4.72. The summed E-state index contributed by atoms with van der Waals surface area (Å²) in [5.74, 6) is 0.934. The Morgan fingerprint density at radius 3 is 3.05 bits per heavy atom. The molecule has 0 radical (unpaired) electrons. The van der Waals surface area contributed by atoms with E-state index in [0.717, 1.165) is 35.7 Å². The molecule has 0 atom stereocenters. The standard InChI is InChI=1S/C15H17N5O/c1-2-7-20-15(17-11-18-20)10-16-13-5-3-4-12(9-13)14-6-8-21-19-14/h3-6,8-9,11,16H,2,7,10H2,1H3. The molecular weight excluding hydrogens is 266 g/mol. The number of rotatable bonds is 6. The minimum atomic E-state index is 0.641. The third-order valence-electron chi connectivity index (χ3n) is 3.18. The number of anilines is 1. The smallest absolute Gasteiger partial charge is 0.146 e. The second kappa shape index (κ2) is 6.21. The van der Waals surface area contributed by atoms with Crippen molar-refractivity contribution in [3.05, 3.63) is 48.7 Å². The zero-order valence-corrected chi connectivity index (χ0v) is 11.9. The lowest BCUT2D eigenvalue weighted by atomic mass is 10.1. The number of aryl methyl sites for hydroxylation is 1. The van der Waals surface area contributed by atoms with Gasteiger partial charge < -0.3 is 9.84 Å². The maximum absolute atomic E-state index is 4.88. The summed E-state index contributed by atoms with van der Waals surface area (Å²) in [4.78, 5) is 4.28. The van der Waals surface area contributed by atoms with Crippen LogP contribution in [0.15, 0.2) is 47.4 Å². The van der Waals surface area contributed by atoms with Crippen molar-refractivity contribution < 1.29 is 4.52 Å². The van der Waals surface area contributed by atoms with E-state index >= 15 is 0 Å². The maximum atomic E-state index is 4.88. The predicted octanol–water partition coefficient (Wildman–Crippen LogP) is 2.96. The van der Waals surface area contributed by atoms with E-state index in [2.05, 4.69) is 27.5 Å². The Hall–Kier alpha value is -2.63. The first-order valence-electron chi connectivity index (χ1n) is 6.98. The van der Waals surface area contributed by atoms with Crippen LogP contribution in [0.4, 0.5) is 5.69 Å². The molecule has 0 bridgehead atoms. The minimum absolute atomic E-state index is 0.641. The van der Waals surface area contributed by atoms with E-state index in [0.29, 0.717) is 6.54 Å². The molecule has 0 aliphatic heterocycles. The van der Waals surface area contributed by atoms with Gasteiger partial charge in [0.1, 0.15) is 24.1 Å². The van der Waals surface area contributed by atoms with E-state index in [-0.39, 0.29) is 0 Å². The summed E-state index contributed by atoms with van der Waals surface area (Å²) >= 11 is 0. The highest BCUT2D eigenvalue weighted by molar-refractivity contribution is 5.64. The average Bonchev–Trinajstić information content (AvgIpc) is 3.18. The lowest BCUT2D eigenvalue weighted by Crippen LogP contribution is -2.10. The molecule has 1 aromatic carbocycles. The Balaban J connectivity index is 1.71. The van der Waals surface area contributed by atoms with Crippen LogP contribution in [-0.2, 0) is 13.1 Å². The molecule has 0 unspecified atom stereocenters. The number of nitrogens with zero attached hydrogens (tertiary/aromatic N) is 4. The molecule has 108 valence electrons. The molecular formula is C15H17N5O. The van der Waals surface area contributed by atoms with Gasteiger partial charge in [-0.25, -0.2) is 9.67 Å². The van der Waals surface area contributed by atoms with Crippen molar-refractivity contribution in [3.63, 3.8) is 0 Å². The Morgan fingerprint density at radius 2 is 2.24 bits per heavy atom. The number of hydrogen-bond donors (Lipinski definition) is 1. The van der Waals surface area contributed by atoms with E-state index in [1.54, 1.807) is 12.6 Å². The Kier molecular flexibility index (Phi) is 3.95. The first kappa shape index (κ1) is 13.4. The molecule has 2 heterocycles. The first-order valence-corrected chi connectivity index (χ1v) is 6.98. The van der Waals surface area contributed by atoms with Crippen molar-refractivity contribution in [1.29, 1.82) is 0 Å². The molecule has 0 saturated heterocycles. The van der Waals surface area contributed by atoms with Gasteiger partial charge in [-0.2, -0.15) is 5.10 Å². The largest absolute Gasteiger partial charge is 0.378 e. The highest BCUT2D eigenvalue weighted by Crippen LogP contribution is 2.21. The molecule has 1 N–H and O–H groups in total. The molecule has 6 nitrogen and oxygen atoms in total. The molecule has 0 aliphatic rings. The van der Waals surface area contributed by atoms with Gasteiger partial charge in [0.05, 0.1) is 6.54 Å². The summed E-state index contributed by atoms with van der Waals surface area (Å²) in [6.07, 6.45) is 4.21. The zero-order chi connectivity index (χ0) is 14.5. The molecule has 3 aromatic rings. The minimum Gasteiger partial charge on any atom is -0.378 e. The predicted molar refractivity (Wildman–Crippen MR) is 79.6 cm³/mol. The summed E-state index contributed by atoms with van der Waals surface area (Å²) in [6.45, 7) is 3.65. The van der Waals surface area contributed by atoms with Gasteiger partial charge in [-0.3, -0.25) is 0 Å². The molecule has 0 spiro atoms. The highest BCUT2D eigenvalue weighted by atomic mass is 16.5. The van der Waals surface area contributed by atoms with E-state index in [4.69, 9.17) is 4.52 Å². The van der Waals surface area contributed by atoms with E-state index in [1.807, 2.05) is 35.0 Å². The van der Waals surface area contributed by atoms with Crippen molar-refractivity contribution in [2.75, 3.05) is 5.32 Å². The fourth-order valence-electron chi connectivity index (χ4n) is 2.15. The number of nitrogens with one attached hydrogen (secondary N) is 1. The van der Waals surface area contributed by atoms with Gasteiger partial charge >= 0.3 is 0 Å². The van der Waals surface area contributed by atoms with Crippen LogP contribution in [0, 0.1) is 0 Å². The summed E-state index contributed by atoms with van der Waals surface area (Å²) in [6, 6.07) is 9.89. The second-order valence-corrected chi connectivity index (χ2v) is 4.72. The van der Waals surface area contributed by atoms with E-state index < -0.39 is 0 Å². The van der Waals surface area contributed by atoms with Crippen LogP contribution in [0.3, 0.4) is 0 Å². The summed E-state index contributed by atoms with van der Waals surface area (Å²) in [5, 5.41) is 11.5. The zero-order valence-electron chi connectivity index (χ0n) is 11.9. The van der Waals surface area contributed by atoms with Gasteiger partial charge in [0.25, 0.3) is 0 Å². The lowest BCUT2D eigenvalue weighted by molar-refractivity contribution is 0.422. The fourth-order valence-corrected chi connectivity index (χ4v) is 2.15. The first-order chi connectivity index (χ1) is 10.4. The van der Waals surface area contributed by atoms with Crippen molar-refractivity contribution >= 4 is 5.69 Å². The van der Waals surface area contributed by atoms with Gasteiger partial charge in [-0.05, 0) is 18.6 Å². The molecule has 0 amide bonds. The molecule has 0 saturated carbocycles. The van der Waals surface area contributed by atoms with Crippen molar-refractivity contribution in [2.45, 2.75) is 26.4 Å². The molecule has 3 rings (SSSR count). The highest BCUT2D eigenvalue weighted by Gasteiger charge is 2.05. The van der Waals surface area contributed by atoms with Crippen molar-refractivity contribution in [1.82, 2.24) is 19.9 Å². The molecule has 0 fully saturated rings. The lowest BCUT2D eigenvalue weighted by Gasteiger charge is -2.08. The van der Waals surface area contributed by atoms with Crippen LogP contribution in [0.25, 0.3) is 11.3 Å². The summed E-state index contributed by atoms with van der Waals surface area (Å²) in [7, 11) is 0. The van der Waals surface area contributed by atoms with Gasteiger partial charge in [0.2, 0.25) is 0 Å². The molecule has 0 aliphatic carbocycles. The van der Waals surface area contributed by atoms with Crippen LogP contribution in [0.2, 0.25) is 0 Å². The van der Waals surface area contributed by atoms with Crippen LogP contribution >= 0.6 is 0 Å². The Labute approximate surface area is 122 Å². The van der Waals surface area contributed by atoms with E-state index in [9.17, 15) is 0 Å². The van der Waals surface area contributed by atoms with Gasteiger partial charge in [-0.15, -0.1) is 0 Å². The normalized spacial score (nSPS) is 10.7. The fraction of sp³-hybridized carbons (Fsp3) is 0.267. The van der Waals surface area contributed by atoms with Crippen molar-refractivity contribution in [3.8, 4) is 11.3 Å². The van der Waals surface area contributed by atoms with Crippen LogP contribution in [0.5, 0.6) is 0 Å². The quantitative estimate of drug-likeness (QED) is 0.753. The number of aromatic nitrogens is 4.